The lowest BCUT2D eigenvalue weighted by Gasteiger charge is -2.36. The third-order valence-corrected chi connectivity index (χ3v) is 3.73. The molecule has 1 aliphatic rings. The molecule has 0 saturated carbocycles. The second-order valence-corrected chi connectivity index (χ2v) is 5.63. The minimum Gasteiger partial charge on any atom is -0.508 e. The van der Waals surface area contributed by atoms with Gasteiger partial charge in [0.1, 0.15) is 11.8 Å². The van der Waals surface area contributed by atoms with Gasteiger partial charge in [-0.1, -0.05) is 11.6 Å². The van der Waals surface area contributed by atoms with Crippen molar-refractivity contribution in [1.82, 2.24) is 15.1 Å². The van der Waals surface area contributed by atoms with Gasteiger partial charge in [0, 0.05) is 50.9 Å². The largest absolute Gasteiger partial charge is 0.508 e. The Morgan fingerprint density at radius 3 is 3.00 bits per heavy atom. The van der Waals surface area contributed by atoms with Crippen molar-refractivity contribution in [2.24, 2.45) is 0 Å². The van der Waals surface area contributed by atoms with Crippen molar-refractivity contribution in [2.75, 3.05) is 33.7 Å². The van der Waals surface area contributed by atoms with E-state index in [0.717, 1.165) is 18.7 Å². The summed E-state index contributed by atoms with van der Waals surface area (Å²) in [5, 5.41) is 13.7. The molecule has 0 bridgehead atoms. The summed E-state index contributed by atoms with van der Waals surface area (Å²) in [5.41, 5.74) is 0.746. The number of nitrogens with zero attached hydrogens (tertiary/aromatic N) is 2. The average Bonchev–Trinajstić information content (AvgIpc) is 2.42. The van der Waals surface area contributed by atoms with Crippen LogP contribution in [0.2, 0.25) is 5.02 Å². The maximum atomic E-state index is 12.2. The molecule has 1 amide bonds. The van der Waals surface area contributed by atoms with Gasteiger partial charge in [0.2, 0.25) is 5.91 Å². The third kappa shape index (κ3) is 3.42. The molecule has 0 radical (unpaired) electrons. The summed E-state index contributed by atoms with van der Waals surface area (Å²) in [4.78, 5) is 15.9. The van der Waals surface area contributed by atoms with E-state index in [1.807, 2.05) is 0 Å². The Morgan fingerprint density at radius 2 is 2.30 bits per heavy atom. The fourth-order valence-electron chi connectivity index (χ4n) is 2.38. The minimum absolute atomic E-state index is 0.0683. The lowest BCUT2D eigenvalue weighted by molar-refractivity contribution is -0.135. The normalized spacial score (nSPS) is 19.9. The molecule has 110 valence electrons. The van der Waals surface area contributed by atoms with E-state index in [0.29, 0.717) is 18.1 Å². The quantitative estimate of drug-likeness (QED) is 0.871. The first-order chi connectivity index (χ1) is 9.49. The first kappa shape index (κ1) is 15.1. The lowest BCUT2D eigenvalue weighted by atomic mass is 10.1. The van der Waals surface area contributed by atoms with Crippen molar-refractivity contribution in [2.45, 2.75) is 12.6 Å². The van der Waals surface area contributed by atoms with Crippen molar-refractivity contribution in [1.29, 1.82) is 0 Å². The highest BCUT2D eigenvalue weighted by Gasteiger charge is 2.30. The smallest absolute Gasteiger partial charge is 0.240 e. The van der Waals surface area contributed by atoms with E-state index < -0.39 is 0 Å². The van der Waals surface area contributed by atoms with Crippen molar-refractivity contribution < 1.29 is 9.90 Å². The number of carbonyl (C=O) groups excluding carboxylic acids is 1. The second-order valence-electron chi connectivity index (χ2n) is 5.20. The van der Waals surface area contributed by atoms with Crippen molar-refractivity contribution in [3.63, 3.8) is 0 Å². The van der Waals surface area contributed by atoms with Gasteiger partial charge in [-0.3, -0.25) is 9.69 Å². The summed E-state index contributed by atoms with van der Waals surface area (Å²) < 4.78 is 0. The number of hydrogen-bond acceptors (Lipinski definition) is 4. The van der Waals surface area contributed by atoms with Gasteiger partial charge in [-0.25, -0.2) is 0 Å². The minimum atomic E-state index is -0.211. The van der Waals surface area contributed by atoms with Crippen molar-refractivity contribution in [3.05, 3.63) is 28.8 Å². The summed E-state index contributed by atoms with van der Waals surface area (Å²) in [6.07, 6.45) is 0. The van der Waals surface area contributed by atoms with Crippen molar-refractivity contribution >= 4 is 17.5 Å². The standard InChI is InChI=1S/C14H20ClN3O2/c1-17(2)14(20)12-8-16-5-6-18(12)9-10-7-11(15)3-4-13(10)19/h3-4,7,12,16,19H,5-6,8-9H2,1-2H3. The molecule has 1 heterocycles. The van der Waals surface area contributed by atoms with E-state index in [-0.39, 0.29) is 17.7 Å². The molecule has 2 rings (SSSR count). The number of likely N-dealkylation sites (N-methyl/N-ethyl adjacent to an activating group) is 1. The Hall–Kier alpha value is -1.30. The molecule has 0 aromatic heterocycles. The summed E-state index contributed by atoms with van der Waals surface area (Å²) in [7, 11) is 3.51. The van der Waals surface area contributed by atoms with Crippen LogP contribution in [0.1, 0.15) is 5.56 Å². The van der Waals surface area contributed by atoms with E-state index in [4.69, 9.17) is 11.6 Å². The fraction of sp³-hybridized carbons (Fsp3) is 0.500. The SMILES string of the molecule is CN(C)C(=O)C1CNCCN1Cc1cc(Cl)ccc1O. The molecule has 5 nitrogen and oxygen atoms in total. The highest BCUT2D eigenvalue weighted by Crippen LogP contribution is 2.24. The lowest BCUT2D eigenvalue weighted by Crippen LogP contribution is -2.57. The highest BCUT2D eigenvalue weighted by atomic mass is 35.5. The van der Waals surface area contributed by atoms with E-state index >= 15 is 0 Å². The molecule has 6 heteroatoms. The maximum Gasteiger partial charge on any atom is 0.240 e. The van der Waals surface area contributed by atoms with Crippen LogP contribution >= 0.6 is 11.6 Å². The monoisotopic (exact) mass is 297 g/mol. The maximum absolute atomic E-state index is 12.2. The fourth-order valence-corrected chi connectivity index (χ4v) is 2.57. The molecule has 0 aliphatic carbocycles. The number of piperazine rings is 1. The third-order valence-electron chi connectivity index (χ3n) is 3.50. The number of hydrogen-bond donors (Lipinski definition) is 2. The molecule has 2 N–H and O–H groups in total. The summed E-state index contributed by atoms with van der Waals surface area (Å²) in [6.45, 7) is 2.73. The zero-order valence-corrected chi connectivity index (χ0v) is 12.5. The van der Waals surface area contributed by atoms with Gasteiger partial charge in [0.15, 0.2) is 0 Å². The van der Waals surface area contributed by atoms with E-state index in [1.165, 1.54) is 0 Å². The molecule has 1 atom stereocenters. The van der Waals surface area contributed by atoms with Crippen LogP contribution in [0.4, 0.5) is 0 Å². The molecule has 1 aliphatic heterocycles. The van der Waals surface area contributed by atoms with Crippen molar-refractivity contribution in [3.8, 4) is 5.75 Å². The zero-order valence-electron chi connectivity index (χ0n) is 11.8. The van der Waals surface area contributed by atoms with Crippen LogP contribution in [-0.2, 0) is 11.3 Å². The molecular weight excluding hydrogens is 278 g/mol. The first-order valence-electron chi connectivity index (χ1n) is 6.62. The number of rotatable bonds is 3. The van der Waals surface area contributed by atoms with Crippen LogP contribution in [0.3, 0.4) is 0 Å². The van der Waals surface area contributed by atoms with Gasteiger partial charge >= 0.3 is 0 Å². The molecule has 1 aromatic rings. The Bertz CT molecular complexity index is 493. The average molecular weight is 298 g/mol. The molecule has 1 saturated heterocycles. The van der Waals surface area contributed by atoms with Gasteiger partial charge in [-0.15, -0.1) is 0 Å². The highest BCUT2D eigenvalue weighted by molar-refractivity contribution is 6.30. The molecule has 1 aromatic carbocycles. The Balaban J connectivity index is 2.16. The predicted octanol–water partition coefficient (Wildman–Crippen LogP) is 0.908. The summed E-state index contributed by atoms with van der Waals surface area (Å²) in [5.74, 6) is 0.280. The molecule has 1 fully saturated rings. The summed E-state index contributed by atoms with van der Waals surface area (Å²) in [6, 6.07) is 4.77. The number of phenols is 1. The molecule has 0 spiro atoms. The summed E-state index contributed by atoms with van der Waals surface area (Å²) >= 11 is 5.97. The number of halogens is 1. The van der Waals surface area contributed by atoms with Gasteiger partial charge < -0.3 is 15.3 Å². The molecule has 1 unspecified atom stereocenters. The Labute approximate surface area is 124 Å². The second kappa shape index (κ2) is 6.43. The molecule has 20 heavy (non-hydrogen) atoms. The van der Waals surface area contributed by atoms with Crippen LogP contribution in [0.15, 0.2) is 18.2 Å². The van der Waals surface area contributed by atoms with Crippen LogP contribution in [0, 0.1) is 0 Å². The molecular formula is C14H20ClN3O2. The van der Waals surface area contributed by atoms with Crippen LogP contribution in [0.5, 0.6) is 5.75 Å². The van der Waals surface area contributed by atoms with Gasteiger partial charge in [0.25, 0.3) is 0 Å². The Morgan fingerprint density at radius 1 is 1.55 bits per heavy atom. The van der Waals surface area contributed by atoms with E-state index in [1.54, 1.807) is 37.2 Å². The predicted molar refractivity (Wildman–Crippen MR) is 78.9 cm³/mol. The zero-order chi connectivity index (χ0) is 14.7. The van der Waals surface area contributed by atoms with Crippen LogP contribution < -0.4 is 5.32 Å². The number of carbonyl (C=O) groups is 1. The number of nitrogens with one attached hydrogen (secondary N) is 1. The van der Waals surface area contributed by atoms with Crippen LogP contribution in [-0.4, -0.2) is 60.6 Å². The first-order valence-corrected chi connectivity index (χ1v) is 7.00. The van der Waals surface area contributed by atoms with Crippen LogP contribution in [0.25, 0.3) is 0 Å². The van der Waals surface area contributed by atoms with Gasteiger partial charge in [0.05, 0.1) is 0 Å². The number of benzene rings is 1. The van der Waals surface area contributed by atoms with Gasteiger partial charge in [-0.2, -0.15) is 0 Å². The number of phenolic OH excluding ortho intramolecular Hbond substituents is 1. The van der Waals surface area contributed by atoms with E-state index in [2.05, 4.69) is 10.2 Å². The topological polar surface area (TPSA) is 55.8 Å². The number of aromatic hydroxyl groups is 1. The van der Waals surface area contributed by atoms with Gasteiger partial charge in [-0.05, 0) is 18.2 Å². The van der Waals surface area contributed by atoms with E-state index in [9.17, 15) is 9.90 Å². The number of amides is 1. The Kier molecular flexibility index (Phi) is 4.86.